The third kappa shape index (κ3) is 8.33. The van der Waals surface area contributed by atoms with Crippen LogP contribution in [0.1, 0.15) is 73.6 Å². The van der Waals surface area contributed by atoms with Gasteiger partial charge in [0.15, 0.2) is 5.78 Å². The van der Waals surface area contributed by atoms with E-state index in [2.05, 4.69) is 5.32 Å². The van der Waals surface area contributed by atoms with Crippen molar-refractivity contribution in [3.05, 3.63) is 35.4 Å². The molecule has 0 radical (unpaired) electrons. The molecule has 0 aliphatic heterocycles. The van der Waals surface area contributed by atoms with Crippen LogP contribution in [0.2, 0.25) is 0 Å². The second-order valence-electron chi connectivity index (χ2n) is 6.46. The zero-order chi connectivity index (χ0) is 20.9. The predicted octanol–water partition coefficient (Wildman–Crippen LogP) is 3.06. The summed E-state index contributed by atoms with van der Waals surface area (Å²) in [6.45, 7) is 5.86. The Bertz CT molecular complexity index is 668. The lowest BCUT2D eigenvalue weighted by atomic mass is 10.1. The molecule has 154 valence electrons. The highest BCUT2D eigenvalue weighted by atomic mass is 16.5. The molecule has 0 aromatic heterocycles. The van der Waals surface area contributed by atoms with Crippen LogP contribution >= 0.6 is 0 Å². The van der Waals surface area contributed by atoms with Crippen molar-refractivity contribution < 1.29 is 28.7 Å². The van der Waals surface area contributed by atoms with Gasteiger partial charge in [-0.2, -0.15) is 0 Å². The van der Waals surface area contributed by atoms with Crippen molar-refractivity contribution in [1.82, 2.24) is 5.32 Å². The fourth-order valence-electron chi connectivity index (χ4n) is 2.26. The van der Waals surface area contributed by atoms with Crippen molar-refractivity contribution in [3.8, 4) is 0 Å². The average molecular weight is 391 g/mol. The molecule has 0 saturated heterocycles. The number of hydrogen-bond acceptors (Lipinski definition) is 6. The maximum Gasteiger partial charge on any atom is 0.329 e. The molecule has 1 N–H and O–H groups in total. The van der Waals surface area contributed by atoms with Crippen molar-refractivity contribution in [1.29, 1.82) is 0 Å². The Balaban J connectivity index is 2.78. The van der Waals surface area contributed by atoms with Crippen LogP contribution in [0.25, 0.3) is 0 Å². The molecule has 7 heteroatoms. The smallest absolute Gasteiger partial charge is 0.329 e. The van der Waals surface area contributed by atoms with E-state index >= 15 is 0 Å². The fourth-order valence-corrected chi connectivity index (χ4v) is 2.26. The highest BCUT2D eigenvalue weighted by molar-refractivity contribution is 5.99. The van der Waals surface area contributed by atoms with Gasteiger partial charge in [-0.3, -0.25) is 14.4 Å². The van der Waals surface area contributed by atoms with Gasteiger partial charge in [0.2, 0.25) is 0 Å². The number of rotatable bonds is 12. The summed E-state index contributed by atoms with van der Waals surface area (Å²) in [7, 11) is 0. The number of carbonyl (C=O) groups is 4. The highest BCUT2D eigenvalue weighted by Gasteiger charge is 2.26. The van der Waals surface area contributed by atoms with Gasteiger partial charge in [-0.1, -0.05) is 38.8 Å². The summed E-state index contributed by atoms with van der Waals surface area (Å²) in [5, 5.41) is 2.53. The first-order valence-corrected chi connectivity index (χ1v) is 9.63. The SMILES string of the molecule is CCCCOC(=O)CC(NC(=O)c1ccc(C(C)=O)cc1)C(=O)OCCCC. The molecule has 1 rings (SSSR count). The molecule has 0 aliphatic carbocycles. The number of nitrogens with one attached hydrogen (secondary N) is 1. The first kappa shape index (κ1) is 23.3. The van der Waals surface area contributed by atoms with Crippen molar-refractivity contribution in [2.45, 2.75) is 58.9 Å². The summed E-state index contributed by atoms with van der Waals surface area (Å²) in [6, 6.07) is 4.91. The number of unbranched alkanes of at least 4 members (excludes halogenated alkanes) is 2. The van der Waals surface area contributed by atoms with Gasteiger partial charge in [-0.25, -0.2) is 4.79 Å². The van der Waals surface area contributed by atoms with Crippen molar-refractivity contribution in [2.24, 2.45) is 0 Å². The highest BCUT2D eigenvalue weighted by Crippen LogP contribution is 2.08. The van der Waals surface area contributed by atoms with Gasteiger partial charge in [0.1, 0.15) is 6.04 Å². The Morgan fingerprint density at radius 2 is 1.43 bits per heavy atom. The molecular formula is C21H29NO6. The van der Waals surface area contributed by atoms with E-state index in [0.717, 1.165) is 19.3 Å². The minimum absolute atomic E-state index is 0.112. The molecule has 1 amide bonds. The second-order valence-corrected chi connectivity index (χ2v) is 6.46. The van der Waals surface area contributed by atoms with Gasteiger partial charge in [0, 0.05) is 11.1 Å². The molecule has 0 heterocycles. The third-order valence-electron chi connectivity index (χ3n) is 4.02. The number of ether oxygens (including phenoxy) is 2. The number of ketones is 1. The van der Waals surface area contributed by atoms with E-state index in [1.54, 1.807) is 0 Å². The van der Waals surface area contributed by atoms with Gasteiger partial charge in [-0.05, 0) is 31.9 Å². The number of hydrogen-bond donors (Lipinski definition) is 1. The Morgan fingerprint density at radius 1 is 0.893 bits per heavy atom. The van der Waals surface area contributed by atoms with Crippen LogP contribution in [0.15, 0.2) is 24.3 Å². The average Bonchev–Trinajstić information content (AvgIpc) is 2.67. The van der Waals surface area contributed by atoms with E-state index in [-0.39, 0.29) is 31.0 Å². The van der Waals surface area contributed by atoms with Crippen molar-refractivity contribution >= 4 is 23.6 Å². The zero-order valence-corrected chi connectivity index (χ0v) is 16.8. The number of carbonyl (C=O) groups excluding carboxylic acids is 4. The van der Waals surface area contributed by atoms with E-state index in [4.69, 9.17) is 9.47 Å². The fraction of sp³-hybridized carbons (Fsp3) is 0.524. The lowest BCUT2D eigenvalue weighted by molar-refractivity contribution is -0.152. The van der Waals surface area contributed by atoms with E-state index in [9.17, 15) is 19.2 Å². The van der Waals surface area contributed by atoms with Crippen molar-refractivity contribution in [2.75, 3.05) is 13.2 Å². The Labute approximate surface area is 165 Å². The first-order chi connectivity index (χ1) is 13.4. The molecule has 0 fully saturated rings. The summed E-state index contributed by atoms with van der Waals surface area (Å²) >= 11 is 0. The summed E-state index contributed by atoms with van der Waals surface area (Å²) in [5.74, 6) is -1.89. The normalized spacial score (nSPS) is 11.4. The predicted molar refractivity (Wildman–Crippen MR) is 104 cm³/mol. The van der Waals surface area contributed by atoms with E-state index in [1.807, 2.05) is 13.8 Å². The Hall–Kier alpha value is -2.70. The largest absolute Gasteiger partial charge is 0.466 e. The Morgan fingerprint density at radius 3 is 1.96 bits per heavy atom. The lowest BCUT2D eigenvalue weighted by Gasteiger charge is -2.17. The van der Waals surface area contributed by atoms with Crippen LogP contribution in [0, 0.1) is 0 Å². The number of esters is 2. The standard InChI is InChI=1S/C21H29NO6/c1-4-6-12-27-19(24)14-18(21(26)28-13-7-5-2)22-20(25)17-10-8-16(9-11-17)15(3)23/h8-11,18H,4-7,12-14H2,1-3H3,(H,22,25). The first-order valence-electron chi connectivity index (χ1n) is 9.63. The number of amides is 1. The summed E-state index contributed by atoms with van der Waals surface area (Å²) in [4.78, 5) is 48.1. The topological polar surface area (TPSA) is 98.8 Å². The molecule has 1 unspecified atom stereocenters. The molecule has 7 nitrogen and oxygen atoms in total. The second kappa shape index (κ2) is 12.6. The van der Waals surface area contributed by atoms with Gasteiger partial charge in [0.05, 0.1) is 19.6 Å². The van der Waals surface area contributed by atoms with E-state index in [0.29, 0.717) is 12.0 Å². The molecule has 1 aromatic rings. The quantitative estimate of drug-likeness (QED) is 0.334. The minimum atomic E-state index is -1.13. The van der Waals surface area contributed by atoms with Gasteiger partial charge < -0.3 is 14.8 Å². The number of benzene rings is 1. The van der Waals surface area contributed by atoms with Gasteiger partial charge in [-0.15, -0.1) is 0 Å². The van der Waals surface area contributed by atoms with E-state index < -0.39 is 23.9 Å². The summed E-state index contributed by atoms with van der Waals surface area (Å²) in [5.41, 5.74) is 0.752. The molecule has 0 bridgehead atoms. The number of Topliss-reactive ketones (excluding diaryl/α,β-unsaturated/α-hetero) is 1. The molecule has 0 spiro atoms. The minimum Gasteiger partial charge on any atom is -0.466 e. The van der Waals surface area contributed by atoms with Crippen LogP contribution in [0.5, 0.6) is 0 Å². The van der Waals surface area contributed by atoms with Crippen LogP contribution in [0.3, 0.4) is 0 Å². The molecule has 0 saturated carbocycles. The molecule has 1 atom stereocenters. The summed E-state index contributed by atoms with van der Waals surface area (Å²) in [6.07, 6.45) is 2.85. The maximum atomic E-state index is 12.5. The van der Waals surface area contributed by atoms with E-state index in [1.165, 1.54) is 31.2 Å². The van der Waals surface area contributed by atoms with Crippen LogP contribution < -0.4 is 5.32 Å². The monoisotopic (exact) mass is 391 g/mol. The van der Waals surface area contributed by atoms with Gasteiger partial charge in [0.25, 0.3) is 5.91 Å². The Kier molecular flexibility index (Phi) is 10.5. The molecular weight excluding hydrogens is 362 g/mol. The van der Waals surface area contributed by atoms with Crippen LogP contribution in [-0.2, 0) is 19.1 Å². The van der Waals surface area contributed by atoms with Crippen LogP contribution in [0.4, 0.5) is 0 Å². The zero-order valence-electron chi connectivity index (χ0n) is 16.8. The van der Waals surface area contributed by atoms with Gasteiger partial charge >= 0.3 is 11.9 Å². The molecule has 1 aromatic carbocycles. The third-order valence-corrected chi connectivity index (χ3v) is 4.02. The van der Waals surface area contributed by atoms with Crippen molar-refractivity contribution in [3.63, 3.8) is 0 Å². The summed E-state index contributed by atoms with van der Waals surface area (Å²) < 4.78 is 10.2. The lowest BCUT2D eigenvalue weighted by Crippen LogP contribution is -2.43. The van der Waals surface area contributed by atoms with Crippen LogP contribution in [-0.4, -0.2) is 42.9 Å². The molecule has 0 aliphatic rings. The maximum absolute atomic E-state index is 12.5. The molecule has 28 heavy (non-hydrogen) atoms.